The summed E-state index contributed by atoms with van der Waals surface area (Å²) in [5.74, 6) is -1.07. The Morgan fingerprint density at radius 1 is 1.32 bits per heavy atom. The molecule has 0 aliphatic heterocycles. The van der Waals surface area contributed by atoms with E-state index in [9.17, 15) is 9.59 Å². The smallest absolute Gasteiger partial charge is 0.337 e. The molecule has 98 valence electrons. The van der Waals surface area contributed by atoms with Gasteiger partial charge < -0.3 is 9.67 Å². The lowest BCUT2D eigenvalue weighted by molar-refractivity contribution is 0.0696. The minimum atomic E-state index is -1.07. The molecule has 4 nitrogen and oxygen atoms in total. The Morgan fingerprint density at radius 2 is 2.05 bits per heavy atom. The maximum Gasteiger partial charge on any atom is 0.337 e. The van der Waals surface area contributed by atoms with Crippen LogP contribution in [0.2, 0.25) is 5.02 Å². The normalized spacial score (nSPS) is 10.4. The lowest BCUT2D eigenvalue weighted by Crippen LogP contribution is -2.20. The van der Waals surface area contributed by atoms with Crippen molar-refractivity contribution in [3.63, 3.8) is 0 Å². The van der Waals surface area contributed by atoms with Crippen LogP contribution < -0.4 is 5.56 Å². The Balaban J connectivity index is 2.40. The Bertz CT molecular complexity index is 697. The van der Waals surface area contributed by atoms with E-state index in [1.54, 1.807) is 12.1 Å². The second-order valence-electron chi connectivity index (χ2n) is 3.92. The second-order valence-corrected chi connectivity index (χ2v) is 5.25. The SMILES string of the molecule is O=C(O)c1ccc(=O)n(Cc2ccc(Br)cc2Cl)c1. The molecule has 1 aromatic carbocycles. The van der Waals surface area contributed by atoms with Gasteiger partial charge in [0.15, 0.2) is 0 Å². The fourth-order valence-electron chi connectivity index (χ4n) is 1.61. The number of carbonyl (C=O) groups is 1. The van der Waals surface area contributed by atoms with E-state index in [-0.39, 0.29) is 17.7 Å². The van der Waals surface area contributed by atoms with Crippen LogP contribution in [0.3, 0.4) is 0 Å². The highest BCUT2D eigenvalue weighted by molar-refractivity contribution is 9.10. The third-order valence-electron chi connectivity index (χ3n) is 2.59. The van der Waals surface area contributed by atoms with Crippen molar-refractivity contribution in [3.8, 4) is 0 Å². The quantitative estimate of drug-likeness (QED) is 0.933. The van der Waals surface area contributed by atoms with Crippen LogP contribution in [0.4, 0.5) is 0 Å². The molecule has 0 aliphatic carbocycles. The van der Waals surface area contributed by atoms with Crippen LogP contribution >= 0.6 is 27.5 Å². The average Bonchev–Trinajstić information content (AvgIpc) is 2.34. The number of hydrogen-bond acceptors (Lipinski definition) is 2. The van der Waals surface area contributed by atoms with Gasteiger partial charge in [-0.25, -0.2) is 4.79 Å². The molecule has 1 aromatic heterocycles. The van der Waals surface area contributed by atoms with Crippen LogP contribution in [0, 0.1) is 0 Å². The first-order valence-corrected chi connectivity index (χ1v) is 6.52. The number of aromatic nitrogens is 1. The summed E-state index contributed by atoms with van der Waals surface area (Å²) in [5.41, 5.74) is 0.534. The highest BCUT2D eigenvalue weighted by Gasteiger charge is 2.07. The third kappa shape index (κ3) is 3.24. The van der Waals surface area contributed by atoms with E-state index in [1.165, 1.54) is 22.9 Å². The molecular weight excluding hydrogens is 334 g/mol. The Morgan fingerprint density at radius 3 is 2.68 bits per heavy atom. The molecule has 2 aromatic rings. The summed E-state index contributed by atoms with van der Waals surface area (Å²) < 4.78 is 2.16. The van der Waals surface area contributed by atoms with Gasteiger partial charge >= 0.3 is 5.97 Å². The lowest BCUT2D eigenvalue weighted by atomic mass is 10.2. The first-order valence-electron chi connectivity index (χ1n) is 5.35. The monoisotopic (exact) mass is 341 g/mol. The van der Waals surface area contributed by atoms with Crippen LogP contribution in [0.25, 0.3) is 0 Å². The predicted molar refractivity (Wildman–Crippen MR) is 75.9 cm³/mol. The number of rotatable bonds is 3. The Hall–Kier alpha value is -1.59. The molecule has 0 atom stereocenters. The standard InChI is InChI=1S/C13H9BrClNO3/c14-10-3-1-8(11(15)5-10)6-16-7-9(13(18)19)2-4-12(16)17/h1-5,7H,6H2,(H,18,19). The molecule has 1 N–H and O–H groups in total. The first kappa shape index (κ1) is 13.8. The third-order valence-corrected chi connectivity index (χ3v) is 3.43. The van der Waals surface area contributed by atoms with Gasteiger partial charge in [-0.3, -0.25) is 4.79 Å². The number of hydrogen-bond donors (Lipinski definition) is 1. The topological polar surface area (TPSA) is 59.3 Å². The van der Waals surface area contributed by atoms with Crippen LogP contribution in [-0.2, 0) is 6.54 Å². The lowest BCUT2D eigenvalue weighted by Gasteiger charge is -2.08. The van der Waals surface area contributed by atoms with Gasteiger partial charge in [-0.15, -0.1) is 0 Å². The summed E-state index contributed by atoms with van der Waals surface area (Å²) in [6.45, 7) is 0.228. The van der Waals surface area contributed by atoms with Gasteiger partial charge in [0.2, 0.25) is 0 Å². The van der Waals surface area contributed by atoms with E-state index in [0.29, 0.717) is 5.02 Å². The van der Waals surface area contributed by atoms with Gasteiger partial charge in [-0.1, -0.05) is 33.6 Å². The van der Waals surface area contributed by atoms with Crippen molar-refractivity contribution in [1.82, 2.24) is 4.57 Å². The van der Waals surface area contributed by atoms with Crippen LogP contribution in [0.15, 0.2) is 45.8 Å². The Kier molecular flexibility index (Phi) is 4.07. The summed E-state index contributed by atoms with van der Waals surface area (Å²) in [6.07, 6.45) is 1.31. The molecule has 6 heteroatoms. The van der Waals surface area contributed by atoms with E-state index >= 15 is 0 Å². The molecule has 0 radical (unpaired) electrons. The molecule has 19 heavy (non-hydrogen) atoms. The minimum absolute atomic E-state index is 0.0628. The first-order chi connectivity index (χ1) is 8.97. The van der Waals surface area contributed by atoms with Gasteiger partial charge in [0.1, 0.15) is 0 Å². The van der Waals surface area contributed by atoms with E-state index in [1.807, 2.05) is 6.07 Å². The minimum Gasteiger partial charge on any atom is -0.478 e. The fraction of sp³-hybridized carbons (Fsp3) is 0.0769. The van der Waals surface area contributed by atoms with Crippen molar-refractivity contribution >= 4 is 33.5 Å². The maximum atomic E-state index is 11.7. The summed E-state index contributed by atoms with van der Waals surface area (Å²) in [4.78, 5) is 22.6. The largest absolute Gasteiger partial charge is 0.478 e. The number of aromatic carboxylic acids is 1. The van der Waals surface area contributed by atoms with Crippen molar-refractivity contribution in [1.29, 1.82) is 0 Å². The van der Waals surface area contributed by atoms with Crippen LogP contribution in [0.1, 0.15) is 15.9 Å². The number of benzene rings is 1. The van der Waals surface area contributed by atoms with Crippen molar-refractivity contribution in [2.45, 2.75) is 6.54 Å². The molecular formula is C13H9BrClNO3. The fourth-order valence-corrected chi connectivity index (χ4v) is 2.35. The summed E-state index contributed by atoms with van der Waals surface area (Å²) in [5, 5.41) is 9.43. The number of pyridine rings is 1. The number of carboxylic acid groups (broad SMARTS) is 1. The van der Waals surface area contributed by atoms with Crippen molar-refractivity contribution in [3.05, 3.63) is 67.5 Å². The summed E-state index contributed by atoms with van der Waals surface area (Å²) in [6, 6.07) is 7.84. The molecule has 0 saturated carbocycles. The average molecular weight is 343 g/mol. The second kappa shape index (κ2) is 5.59. The number of halogens is 2. The molecule has 0 spiro atoms. The highest BCUT2D eigenvalue weighted by atomic mass is 79.9. The van der Waals surface area contributed by atoms with Crippen molar-refractivity contribution in [2.24, 2.45) is 0 Å². The molecule has 0 unspecified atom stereocenters. The van der Waals surface area contributed by atoms with Gasteiger partial charge in [-0.2, -0.15) is 0 Å². The van der Waals surface area contributed by atoms with Gasteiger partial charge in [0.25, 0.3) is 5.56 Å². The predicted octanol–water partition coefficient (Wildman–Crippen LogP) is 3.01. The molecule has 0 fully saturated rings. The van der Waals surface area contributed by atoms with Gasteiger partial charge in [0, 0.05) is 21.8 Å². The molecule has 0 amide bonds. The molecule has 1 heterocycles. The molecule has 0 bridgehead atoms. The van der Waals surface area contributed by atoms with E-state index in [4.69, 9.17) is 16.7 Å². The molecule has 0 aliphatic rings. The van der Waals surface area contributed by atoms with Crippen LogP contribution in [0.5, 0.6) is 0 Å². The highest BCUT2D eigenvalue weighted by Crippen LogP contribution is 2.21. The zero-order valence-corrected chi connectivity index (χ0v) is 12.0. The zero-order valence-electron chi connectivity index (χ0n) is 9.64. The van der Waals surface area contributed by atoms with Crippen molar-refractivity contribution < 1.29 is 9.90 Å². The van der Waals surface area contributed by atoms with Crippen molar-refractivity contribution in [2.75, 3.05) is 0 Å². The van der Waals surface area contributed by atoms with E-state index < -0.39 is 5.97 Å². The zero-order chi connectivity index (χ0) is 14.0. The summed E-state index contributed by atoms with van der Waals surface area (Å²) in [7, 11) is 0. The number of carboxylic acids is 1. The summed E-state index contributed by atoms with van der Waals surface area (Å²) >= 11 is 9.37. The number of nitrogens with zero attached hydrogens (tertiary/aromatic N) is 1. The maximum absolute atomic E-state index is 11.7. The molecule has 0 saturated heterocycles. The van der Waals surface area contributed by atoms with Crippen LogP contribution in [-0.4, -0.2) is 15.6 Å². The van der Waals surface area contributed by atoms with E-state index in [0.717, 1.165) is 10.0 Å². The van der Waals surface area contributed by atoms with Gasteiger partial charge in [-0.05, 0) is 23.8 Å². The van der Waals surface area contributed by atoms with Gasteiger partial charge in [0.05, 0.1) is 12.1 Å². The van der Waals surface area contributed by atoms with E-state index in [2.05, 4.69) is 15.9 Å². The Labute approximate surface area is 122 Å². The molecule has 2 rings (SSSR count).